The topological polar surface area (TPSA) is 44.8 Å². The lowest BCUT2D eigenvalue weighted by molar-refractivity contribution is 0.0994. The van der Waals surface area contributed by atoms with Crippen LogP contribution in [0.3, 0.4) is 0 Å². The molecule has 0 aliphatic carbocycles. The zero-order chi connectivity index (χ0) is 16.5. The van der Waals surface area contributed by atoms with Crippen LogP contribution in [-0.2, 0) is 6.42 Å². The minimum absolute atomic E-state index is 0.0627. The first-order valence-electron chi connectivity index (χ1n) is 7.74. The molecule has 3 aromatic rings. The molecule has 0 unspecified atom stereocenters. The molecule has 24 heavy (non-hydrogen) atoms. The molecule has 4 rings (SSSR count). The number of benzene rings is 3. The van der Waals surface area contributed by atoms with Gasteiger partial charge in [0.05, 0.1) is 7.11 Å². The average molecular weight is 320 g/mol. The number of ketones is 1. The maximum Gasteiger partial charge on any atom is 0.231 e. The van der Waals surface area contributed by atoms with Gasteiger partial charge in [0.15, 0.2) is 17.3 Å². The zero-order valence-corrected chi connectivity index (χ0v) is 13.2. The van der Waals surface area contributed by atoms with Crippen LogP contribution in [-0.4, -0.2) is 19.7 Å². The van der Waals surface area contributed by atoms with E-state index >= 15 is 0 Å². The Morgan fingerprint density at radius 1 is 1.00 bits per heavy atom. The number of Topliss-reactive ketones (excluding diaryl/α,β-unsaturated/α-hetero) is 1. The molecule has 0 radical (unpaired) electrons. The summed E-state index contributed by atoms with van der Waals surface area (Å²) in [7, 11) is 1.63. The van der Waals surface area contributed by atoms with Crippen LogP contribution in [0.25, 0.3) is 10.8 Å². The third kappa shape index (κ3) is 2.46. The minimum atomic E-state index is 0.0627. The summed E-state index contributed by atoms with van der Waals surface area (Å²) in [5.41, 5.74) is 1.60. The number of hydrogen-bond acceptors (Lipinski definition) is 4. The molecule has 1 aliphatic rings. The van der Waals surface area contributed by atoms with Gasteiger partial charge in [-0.2, -0.15) is 0 Å². The van der Waals surface area contributed by atoms with E-state index in [4.69, 9.17) is 14.2 Å². The number of methoxy groups -OCH3 is 1. The van der Waals surface area contributed by atoms with Crippen LogP contribution in [0.1, 0.15) is 15.9 Å². The van der Waals surface area contributed by atoms with Crippen LogP contribution in [0, 0.1) is 0 Å². The van der Waals surface area contributed by atoms with Gasteiger partial charge in [0, 0.05) is 17.4 Å². The Kier molecular flexibility index (Phi) is 3.58. The van der Waals surface area contributed by atoms with Crippen molar-refractivity contribution in [3.8, 4) is 17.2 Å². The Balaban J connectivity index is 1.69. The third-order valence-electron chi connectivity index (χ3n) is 4.21. The van der Waals surface area contributed by atoms with Gasteiger partial charge in [0.25, 0.3) is 0 Å². The van der Waals surface area contributed by atoms with Crippen LogP contribution in [0.15, 0.2) is 54.6 Å². The summed E-state index contributed by atoms with van der Waals surface area (Å²) in [6.45, 7) is 0.232. The summed E-state index contributed by atoms with van der Waals surface area (Å²) in [6, 6.07) is 17.1. The van der Waals surface area contributed by atoms with E-state index in [9.17, 15) is 4.79 Å². The van der Waals surface area contributed by atoms with Gasteiger partial charge in [-0.3, -0.25) is 4.79 Å². The predicted molar refractivity (Wildman–Crippen MR) is 91.1 cm³/mol. The van der Waals surface area contributed by atoms with Crippen LogP contribution in [0.5, 0.6) is 17.2 Å². The second-order valence-corrected chi connectivity index (χ2v) is 5.65. The quantitative estimate of drug-likeness (QED) is 0.682. The maximum atomic E-state index is 12.8. The second-order valence-electron chi connectivity index (χ2n) is 5.65. The predicted octanol–water partition coefficient (Wildman–Crippen LogP) is 4.00. The van der Waals surface area contributed by atoms with Crippen LogP contribution in [0.4, 0.5) is 0 Å². The summed E-state index contributed by atoms with van der Waals surface area (Å²) in [5, 5.41) is 1.85. The molecule has 0 saturated heterocycles. The molecule has 1 heterocycles. The van der Waals surface area contributed by atoms with E-state index in [2.05, 4.69) is 0 Å². The van der Waals surface area contributed by atoms with E-state index in [1.54, 1.807) is 7.11 Å². The Morgan fingerprint density at radius 2 is 1.79 bits per heavy atom. The number of carbonyl (C=O) groups is 1. The highest BCUT2D eigenvalue weighted by Gasteiger charge is 2.17. The van der Waals surface area contributed by atoms with Gasteiger partial charge in [-0.25, -0.2) is 0 Å². The number of hydrogen-bond donors (Lipinski definition) is 0. The Morgan fingerprint density at radius 3 is 2.62 bits per heavy atom. The fraction of sp³-hybridized carbons (Fsp3) is 0.150. The smallest absolute Gasteiger partial charge is 0.231 e. The Labute approximate surface area is 139 Å². The lowest BCUT2D eigenvalue weighted by atomic mass is 9.97. The molecule has 1 aliphatic heterocycles. The molecule has 0 aromatic heterocycles. The Hall–Kier alpha value is -3.01. The standard InChI is InChI=1S/C20H16O4/c1-22-18-9-7-15(14-4-2-3-5-16(14)18)17(21)10-13-6-8-19-20(11-13)24-12-23-19/h2-9,11H,10,12H2,1H3. The molecule has 4 heteroatoms. The molecule has 0 atom stereocenters. The highest BCUT2D eigenvalue weighted by atomic mass is 16.7. The van der Waals surface area contributed by atoms with E-state index in [-0.39, 0.29) is 12.6 Å². The molecular weight excluding hydrogens is 304 g/mol. The third-order valence-corrected chi connectivity index (χ3v) is 4.21. The lowest BCUT2D eigenvalue weighted by Gasteiger charge is -2.10. The summed E-state index contributed by atoms with van der Waals surface area (Å²) < 4.78 is 16.1. The van der Waals surface area contributed by atoms with Crippen molar-refractivity contribution in [2.75, 3.05) is 13.9 Å². The fourth-order valence-corrected chi connectivity index (χ4v) is 3.02. The first-order chi connectivity index (χ1) is 11.8. The van der Waals surface area contributed by atoms with Gasteiger partial charge in [-0.1, -0.05) is 30.3 Å². The monoisotopic (exact) mass is 320 g/mol. The first-order valence-corrected chi connectivity index (χ1v) is 7.74. The van der Waals surface area contributed by atoms with Crippen molar-refractivity contribution in [1.82, 2.24) is 0 Å². The highest BCUT2D eigenvalue weighted by Crippen LogP contribution is 2.33. The fourth-order valence-electron chi connectivity index (χ4n) is 3.02. The van der Waals surface area contributed by atoms with E-state index < -0.39 is 0 Å². The van der Waals surface area contributed by atoms with Crippen molar-refractivity contribution in [2.45, 2.75) is 6.42 Å². The Bertz CT molecular complexity index is 930. The SMILES string of the molecule is COc1ccc(C(=O)Cc2ccc3c(c2)OCO3)c2ccccc12. The first kappa shape index (κ1) is 14.6. The van der Waals surface area contributed by atoms with E-state index in [1.807, 2.05) is 54.6 Å². The van der Waals surface area contributed by atoms with Crippen LogP contribution in [0.2, 0.25) is 0 Å². The van der Waals surface area contributed by atoms with Gasteiger partial charge in [0.2, 0.25) is 6.79 Å². The molecule has 4 nitrogen and oxygen atoms in total. The van der Waals surface area contributed by atoms with Crippen LogP contribution >= 0.6 is 0 Å². The van der Waals surface area contributed by atoms with E-state index in [0.717, 1.165) is 27.8 Å². The molecule has 0 fully saturated rings. The number of ether oxygens (including phenoxy) is 3. The zero-order valence-electron chi connectivity index (χ0n) is 13.2. The maximum absolute atomic E-state index is 12.8. The molecule has 0 amide bonds. The molecule has 0 spiro atoms. The average Bonchev–Trinajstić information content (AvgIpc) is 3.08. The number of rotatable bonds is 4. The minimum Gasteiger partial charge on any atom is -0.496 e. The largest absolute Gasteiger partial charge is 0.496 e. The van der Waals surface area contributed by atoms with Crippen molar-refractivity contribution >= 4 is 16.6 Å². The highest BCUT2D eigenvalue weighted by molar-refractivity contribution is 6.10. The van der Waals surface area contributed by atoms with Crippen molar-refractivity contribution in [1.29, 1.82) is 0 Å². The van der Waals surface area contributed by atoms with Crippen molar-refractivity contribution < 1.29 is 19.0 Å². The summed E-state index contributed by atoms with van der Waals surface area (Å²) in [6.07, 6.45) is 0.312. The van der Waals surface area contributed by atoms with Gasteiger partial charge >= 0.3 is 0 Å². The lowest BCUT2D eigenvalue weighted by Crippen LogP contribution is -2.05. The van der Waals surface area contributed by atoms with E-state index in [0.29, 0.717) is 17.7 Å². The normalized spacial score (nSPS) is 12.4. The molecule has 0 N–H and O–H groups in total. The van der Waals surface area contributed by atoms with Gasteiger partial charge in [0.1, 0.15) is 5.75 Å². The number of carbonyl (C=O) groups excluding carboxylic acids is 1. The van der Waals surface area contributed by atoms with Crippen molar-refractivity contribution in [2.24, 2.45) is 0 Å². The van der Waals surface area contributed by atoms with E-state index in [1.165, 1.54) is 0 Å². The van der Waals surface area contributed by atoms with Crippen molar-refractivity contribution in [3.05, 3.63) is 65.7 Å². The second kappa shape index (κ2) is 5.89. The molecule has 3 aromatic carbocycles. The summed E-state index contributed by atoms with van der Waals surface area (Å²) in [4.78, 5) is 12.8. The molecule has 0 saturated carbocycles. The molecule has 0 bridgehead atoms. The van der Waals surface area contributed by atoms with Crippen molar-refractivity contribution in [3.63, 3.8) is 0 Å². The van der Waals surface area contributed by atoms with Gasteiger partial charge < -0.3 is 14.2 Å². The summed E-state index contributed by atoms with van der Waals surface area (Å²) in [5.74, 6) is 2.25. The van der Waals surface area contributed by atoms with Gasteiger partial charge in [-0.15, -0.1) is 0 Å². The molecule has 120 valence electrons. The molecular formula is C20H16O4. The van der Waals surface area contributed by atoms with Gasteiger partial charge in [-0.05, 0) is 35.2 Å². The van der Waals surface area contributed by atoms with Crippen LogP contribution < -0.4 is 14.2 Å². The number of fused-ring (bicyclic) bond motifs is 2. The summed E-state index contributed by atoms with van der Waals surface area (Å²) >= 11 is 0.